The van der Waals surface area contributed by atoms with Crippen molar-refractivity contribution in [2.45, 2.75) is 31.1 Å². The monoisotopic (exact) mass is 307 g/mol. The fraction of sp³-hybridized carbons (Fsp3) is 0.500. The minimum absolute atomic E-state index is 0.0692. The summed E-state index contributed by atoms with van der Waals surface area (Å²) in [6.07, 6.45) is 3.21. The van der Waals surface area contributed by atoms with Crippen molar-refractivity contribution >= 4 is 23.5 Å². The van der Waals surface area contributed by atoms with Gasteiger partial charge in [0.25, 0.3) is 0 Å². The third-order valence-corrected chi connectivity index (χ3v) is 5.05. The number of aliphatic carboxylic acids is 1. The molecule has 21 heavy (non-hydrogen) atoms. The van der Waals surface area contributed by atoms with E-state index in [4.69, 9.17) is 16.7 Å². The molecule has 2 aliphatic rings. The summed E-state index contributed by atoms with van der Waals surface area (Å²) in [4.78, 5) is 25.7. The van der Waals surface area contributed by atoms with Crippen molar-refractivity contribution in [1.82, 2.24) is 4.90 Å². The molecule has 1 aromatic carbocycles. The Labute approximate surface area is 128 Å². The molecule has 1 atom stereocenters. The van der Waals surface area contributed by atoms with Gasteiger partial charge in [0.2, 0.25) is 5.91 Å². The number of carboxylic acids is 1. The molecule has 2 fully saturated rings. The number of halogens is 1. The van der Waals surface area contributed by atoms with Gasteiger partial charge in [-0.2, -0.15) is 0 Å². The normalized spacial score (nSPS) is 23.7. The predicted molar refractivity (Wildman–Crippen MR) is 79.3 cm³/mol. The SMILES string of the molecule is O=C(O)C1CCN(C(=O)C2(c3cccc(Cl)c3)CCC2)C1. The molecule has 0 aromatic heterocycles. The molecule has 1 heterocycles. The first kappa shape index (κ1) is 14.4. The van der Waals surface area contributed by atoms with Crippen LogP contribution in [-0.2, 0) is 15.0 Å². The standard InChI is InChI=1S/C16H18ClNO3/c17-13-4-1-3-12(9-13)16(6-2-7-16)15(21)18-8-5-11(10-18)14(19)20/h1,3-4,9,11H,2,5-8,10H2,(H,19,20). The van der Waals surface area contributed by atoms with E-state index in [1.807, 2.05) is 18.2 Å². The number of amides is 1. The topological polar surface area (TPSA) is 57.6 Å². The van der Waals surface area contributed by atoms with Gasteiger partial charge in [-0.3, -0.25) is 9.59 Å². The van der Waals surface area contributed by atoms with E-state index in [9.17, 15) is 9.59 Å². The molecule has 112 valence electrons. The summed E-state index contributed by atoms with van der Waals surface area (Å²) in [5.74, 6) is -1.17. The van der Waals surface area contributed by atoms with E-state index >= 15 is 0 Å². The molecule has 0 spiro atoms. The summed E-state index contributed by atoms with van der Waals surface area (Å²) in [6, 6.07) is 7.49. The maximum Gasteiger partial charge on any atom is 0.308 e. The third kappa shape index (κ3) is 2.42. The van der Waals surface area contributed by atoms with E-state index in [0.29, 0.717) is 24.5 Å². The van der Waals surface area contributed by atoms with Crippen LogP contribution >= 0.6 is 11.6 Å². The molecule has 0 radical (unpaired) electrons. The van der Waals surface area contributed by atoms with Crippen molar-refractivity contribution in [3.05, 3.63) is 34.9 Å². The Kier molecular flexibility index (Phi) is 3.66. The molecule has 0 bridgehead atoms. The van der Waals surface area contributed by atoms with Crippen molar-refractivity contribution in [1.29, 1.82) is 0 Å². The van der Waals surface area contributed by atoms with Gasteiger partial charge in [-0.25, -0.2) is 0 Å². The van der Waals surface area contributed by atoms with Crippen LogP contribution in [0.5, 0.6) is 0 Å². The predicted octanol–water partition coefficient (Wildman–Crippen LogP) is 2.69. The Morgan fingerprint density at radius 3 is 2.62 bits per heavy atom. The van der Waals surface area contributed by atoms with E-state index in [2.05, 4.69) is 0 Å². The van der Waals surface area contributed by atoms with Crippen molar-refractivity contribution in [2.75, 3.05) is 13.1 Å². The minimum Gasteiger partial charge on any atom is -0.481 e. The Bertz CT molecular complexity index is 583. The Morgan fingerprint density at radius 1 is 1.33 bits per heavy atom. The van der Waals surface area contributed by atoms with Crippen molar-refractivity contribution in [2.24, 2.45) is 5.92 Å². The molecule has 1 aromatic rings. The number of rotatable bonds is 3. The molecule has 4 nitrogen and oxygen atoms in total. The second-order valence-corrected chi connectivity index (χ2v) is 6.46. The number of hydrogen-bond acceptors (Lipinski definition) is 2. The molecule has 1 aliphatic carbocycles. The summed E-state index contributed by atoms with van der Waals surface area (Å²) in [7, 11) is 0. The lowest BCUT2D eigenvalue weighted by Gasteiger charge is -2.43. The summed E-state index contributed by atoms with van der Waals surface area (Å²) in [5.41, 5.74) is 0.475. The lowest BCUT2D eigenvalue weighted by molar-refractivity contribution is -0.142. The molecule has 1 N–H and O–H groups in total. The molecular formula is C16H18ClNO3. The fourth-order valence-corrected chi connectivity index (χ4v) is 3.58. The van der Waals surface area contributed by atoms with Gasteiger partial charge in [0.15, 0.2) is 0 Å². The van der Waals surface area contributed by atoms with Gasteiger partial charge >= 0.3 is 5.97 Å². The van der Waals surface area contributed by atoms with Gasteiger partial charge in [-0.15, -0.1) is 0 Å². The van der Waals surface area contributed by atoms with Crippen LogP contribution in [0.3, 0.4) is 0 Å². The smallest absolute Gasteiger partial charge is 0.308 e. The number of likely N-dealkylation sites (tertiary alicyclic amines) is 1. The average molecular weight is 308 g/mol. The largest absolute Gasteiger partial charge is 0.481 e. The van der Waals surface area contributed by atoms with Gasteiger partial charge in [0, 0.05) is 18.1 Å². The minimum atomic E-state index is -0.810. The Morgan fingerprint density at radius 2 is 2.10 bits per heavy atom. The van der Waals surface area contributed by atoms with Crippen molar-refractivity contribution in [3.63, 3.8) is 0 Å². The summed E-state index contributed by atoms with van der Waals surface area (Å²) in [5, 5.41) is 9.72. The Hall–Kier alpha value is -1.55. The second-order valence-electron chi connectivity index (χ2n) is 6.02. The zero-order valence-electron chi connectivity index (χ0n) is 11.7. The highest BCUT2D eigenvalue weighted by Crippen LogP contribution is 2.46. The van der Waals surface area contributed by atoms with E-state index < -0.39 is 17.3 Å². The zero-order valence-corrected chi connectivity index (χ0v) is 12.5. The molecule has 1 amide bonds. The molecular weight excluding hydrogens is 290 g/mol. The van der Waals surface area contributed by atoms with E-state index in [-0.39, 0.29) is 5.91 Å². The average Bonchev–Trinajstić information content (AvgIpc) is 2.87. The lowest BCUT2D eigenvalue weighted by atomic mass is 9.63. The molecule has 1 saturated heterocycles. The number of carbonyl (C=O) groups excluding carboxylic acids is 1. The second kappa shape index (κ2) is 5.34. The van der Waals surface area contributed by atoms with Gasteiger partial charge in [0.05, 0.1) is 11.3 Å². The van der Waals surface area contributed by atoms with Gasteiger partial charge in [-0.05, 0) is 37.0 Å². The first-order chi connectivity index (χ1) is 10.0. The van der Waals surface area contributed by atoms with Crippen LogP contribution in [0, 0.1) is 5.92 Å². The zero-order chi connectivity index (χ0) is 15.0. The van der Waals surface area contributed by atoms with Crippen LogP contribution in [0.2, 0.25) is 5.02 Å². The van der Waals surface area contributed by atoms with Crippen LogP contribution in [0.1, 0.15) is 31.2 Å². The molecule has 1 saturated carbocycles. The first-order valence-electron chi connectivity index (χ1n) is 7.31. The first-order valence-corrected chi connectivity index (χ1v) is 7.69. The number of nitrogens with zero attached hydrogens (tertiary/aromatic N) is 1. The van der Waals surface area contributed by atoms with Crippen molar-refractivity contribution in [3.8, 4) is 0 Å². The number of hydrogen-bond donors (Lipinski definition) is 1. The molecule has 1 aliphatic heterocycles. The highest BCUT2D eigenvalue weighted by atomic mass is 35.5. The van der Waals surface area contributed by atoms with E-state index in [1.54, 1.807) is 11.0 Å². The van der Waals surface area contributed by atoms with Crippen LogP contribution < -0.4 is 0 Å². The summed E-state index contributed by atoms with van der Waals surface area (Å²) >= 11 is 6.06. The van der Waals surface area contributed by atoms with E-state index in [1.165, 1.54) is 0 Å². The Balaban J connectivity index is 1.83. The highest BCUT2D eigenvalue weighted by Gasteiger charge is 2.49. The quantitative estimate of drug-likeness (QED) is 0.934. The van der Waals surface area contributed by atoms with Gasteiger partial charge < -0.3 is 10.0 Å². The summed E-state index contributed by atoms with van der Waals surface area (Å²) in [6.45, 7) is 0.870. The third-order valence-electron chi connectivity index (χ3n) is 4.82. The van der Waals surface area contributed by atoms with Crippen molar-refractivity contribution < 1.29 is 14.7 Å². The van der Waals surface area contributed by atoms with Crippen LogP contribution in [0.4, 0.5) is 0 Å². The number of carbonyl (C=O) groups is 2. The summed E-state index contributed by atoms with van der Waals surface area (Å²) < 4.78 is 0. The maximum atomic E-state index is 12.9. The maximum absolute atomic E-state index is 12.9. The number of carboxylic acid groups (broad SMARTS) is 1. The molecule has 1 unspecified atom stereocenters. The van der Waals surface area contributed by atoms with Gasteiger partial charge in [0.1, 0.15) is 0 Å². The van der Waals surface area contributed by atoms with E-state index in [0.717, 1.165) is 24.8 Å². The lowest BCUT2D eigenvalue weighted by Crippen LogP contribution is -2.50. The van der Waals surface area contributed by atoms with Crippen LogP contribution in [0.25, 0.3) is 0 Å². The molecule has 3 rings (SSSR count). The van der Waals surface area contributed by atoms with Crippen LogP contribution in [-0.4, -0.2) is 35.0 Å². The number of benzene rings is 1. The van der Waals surface area contributed by atoms with Gasteiger partial charge in [-0.1, -0.05) is 30.2 Å². The highest BCUT2D eigenvalue weighted by molar-refractivity contribution is 6.30. The fourth-order valence-electron chi connectivity index (χ4n) is 3.39. The molecule has 5 heteroatoms. The van der Waals surface area contributed by atoms with Crippen LogP contribution in [0.15, 0.2) is 24.3 Å².